The van der Waals surface area contributed by atoms with Gasteiger partial charge in [0.05, 0.1) is 6.10 Å². The molecule has 0 bridgehead atoms. The Morgan fingerprint density at radius 3 is 2.48 bits per heavy atom. The summed E-state index contributed by atoms with van der Waals surface area (Å²) in [6.45, 7) is 8.68. The van der Waals surface area contributed by atoms with E-state index in [1.54, 1.807) is 0 Å². The maximum atomic E-state index is 5.72. The lowest BCUT2D eigenvalue weighted by atomic mass is 9.96. The minimum absolute atomic E-state index is 0.484. The third kappa shape index (κ3) is 5.12. The van der Waals surface area contributed by atoms with E-state index in [1.807, 2.05) is 0 Å². The Morgan fingerprint density at radius 2 is 1.90 bits per heavy atom. The van der Waals surface area contributed by atoms with E-state index in [0.717, 1.165) is 13.2 Å². The molecule has 21 heavy (non-hydrogen) atoms. The molecule has 1 heterocycles. The Bertz CT molecular complexity index is 393. The molecule has 1 aromatic carbocycles. The van der Waals surface area contributed by atoms with Crippen LogP contribution < -0.4 is 5.32 Å². The number of rotatable bonds is 8. The maximum absolute atomic E-state index is 5.72. The molecule has 0 saturated carbocycles. The lowest BCUT2D eigenvalue weighted by Gasteiger charge is -2.20. The van der Waals surface area contributed by atoms with Crippen molar-refractivity contribution in [1.29, 1.82) is 0 Å². The van der Waals surface area contributed by atoms with Crippen molar-refractivity contribution in [1.82, 2.24) is 5.32 Å². The van der Waals surface area contributed by atoms with Gasteiger partial charge < -0.3 is 10.1 Å². The van der Waals surface area contributed by atoms with Crippen molar-refractivity contribution in [3.8, 4) is 0 Å². The van der Waals surface area contributed by atoms with Gasteiger partial charge in [0, 0.05) is 12.6 Å². The van der Waals surface area contributed by atoms with Crippen molar-refractivity contribution < 1.29 is 4.74 Å². The van der Waals surface area contributed by atoms with Crippen LogP contribution >= 0.6 is 0 Å². The minimum Gasteiger partial charge on any atom is -0.378 e. The number of hydrogen-bond donors (Lipinski definition) is 1. The van der Waals surface area contributed by atoms with Gasteiger partial charge in [-0.15, -0.1) is 0 Å². The molecule has 0 amide bonds. The van der Waals surface area contributed by atoms with E-state index >= 15 is 0 Å². The highest BCUT2D eigenvalue weighted by Gasteiger charge is 2.16. The molecule has 2 heteroatoms. The molecule has 1 fully saturated rings. The maximum Gasteiger partial charge on any atom is 0.0576 e. The van der Waals surface area contributed by atoms with Gasteiger partial charge in [0.25, 0.3) is 0 Å². The predicted molar refractivity (Wildman–Crippen MR) is 89.8 cm³/mol. The lowest BCUT2D eigenvalue weighted by Crippen LogP contribution is -2.21. The molecular formula is C19H31NO. The van der Waals surface area contributed by atoms with E-state index in [4.69, 9.17) is 4.74 Å². The monoisotopic (exact) mass is 289 g/mol. The van der Waals surface area contributed by atoms with Crippen LogP contribution in [-0.4, -0.2) is 19.3 Å². The van der Waals surface area contributed by atoms with Crippen LogP contribution in [0.25, 0.3) is 0 Å². The van der Waals surface area contributed by atoms with E-state index < -0.39 is 0 Å². The molecule has 0 spiro atoms. The molecule has 2 nitrogen and oxygen atoms in total. The van der Waals surface area contributed by atoms with E-state index in [0.29, 0.717) is 18.1 Å². The Labute approximate surface area is 130 Å². The molecule has 0 aliphatic carbocycles. The average molecular weight is 289 g/mol. The molecule has 1 N–H and O–H groups in total. The summed E-state index contributed by atoms with van der Waals surface area (Å²) in [5.74, 6) is 0.608. The predicted octanol–water partition coefficient (Wildman–Crippen LogP) is 4.81. The first-order valence-corrected chi connectivity index (χ1v) is 8.65. The van der Waals surface area contributed by atoms with Gasteiger partial charge in [0.1, 0.15) is 0 Å². The highest BCUT2D eigenvalue weighted by Crippen LogP contribution is 2.24. The topological polar surface area (TPSA) is 21.3 Å². The number of hydrogen-bond acceptors (Lipinski definition) is 2. The molecule has 1 aliphatic heterocycles. The van der Waals surface area contributed by atoms with E-state index in [1.165, 1.54) is 43.2 Å². The summed E-state index contributed by atoms with van der Waals surface area (Å²) in [7, 11) is 0. The summed E-state index contributed by atoms with van der Waals surface area (Å²) in [5.41, 5.74) is 2.85. The van der Waals surface area contributed by atoms with Gasteiger partial charge in [-0.25, -0.2) is 0 Å². The van der Waals surface area contributed by atoms with Crippen LogP contribution in [0.15, 0.2) is 24.3 Å². The van der Waals surface area contributed by atoms with Crippen LogP contribution in [-0.2, 0) is 4.74 Å². The highest BCUT2D eigenvalue weighted by molar-refractivity contribution is 5.26. The fourth-order valence-electron chi connectivity index (χ4n) is 3.17. The molecule has 1 aliphatic rings. The Kier molecular flexibility index (Phi) is 6.72. The molecule has 0 aromatic heterocycles. The second-order valence-electron chi connectivity index (χ2n) is 6.50. The van der Waals surface area contributed by atoms with Gasteiger partial charge >= 0.3 is 0 Å². The molecule has 0 radical (unpaired) electrons. The van der Waals surface area contributed by atoms with Crippen molar-refractivity contribution in [2.24, 2.45) is 0 Å². The quantitative estimate of drug-likeness (QED) is 0.741. The van der Waals surface area contributed by atoms with Crippen molar-refractivity contribution >= 4 is 0 Å². The normalized spacial score (nSPS) is 20.1. The van der Waals surface area contributed by atoms with Crippen LogP contribution in [0.4, 0.5) is 0 Å². The SMILES string of the molecule is CCNC(CCCC1CCCO1)c1ccc(C(C)C)cc1. The molecule has 118 valence electrons. The first-order chi connectivity index (χ1) is 10.2. The van der Waals surface area contributed by atoms with Crippen LogP contribution in [0.1, 0.15) is 76.0 Å². The highest BCUT2D eigenvalue weighted by atomic mass is 16.5. The summed E-state index contributed by atoms with van der Waals surface area (Å²) < 4.78 is 5.72. The van der Waals surface area contributed by atoms with Crippen LogP contribution in [0.5, 0.6) is 0 Å². The van der Waals surface area contributed by atoms with Crippen LogP contribution in [0.3, 0.4) is 0 Å². The summed E-state index contributed by atoms with van der Waals surface area (Å²) >= 11 is 0. The molecule has 1 saturated heterocycles. The van der Waals surface area contributed by atoms with Crippen LogP contribution in [0, 0.1) is 0 Å². The van der Waals surface area contributed by atoms with Gasteiger partial charge in [-0.05, 0) is 55.7 Å². The molecular weight excluding hydrogens is 258 g/mol. The van der Waals surface area contributed by atoms with Gasteiger partial charge in [0.2, 0.25) is 0 Å². The molecule has 2 unspecified atom stereocenters. The minimum atomic E-state index is 0.484. The zero-order chi connectivity index (χ0) is 15.1. The second kappa shape index (κ2) is 8.55. The molecule has 2 atom stereocenters. The standard InChI is InChI=1S/C19H31NO/c1-4-20-19(9-5-7-18-8-6-14-21-18)17-12-10-16(11-13-17)15(2)3/h10-13,15,18-20H,4-9,14H2,1-3H3. The van der Waals surface area contributed by atoms with E-state index in [9.17, 15) is 0 Å². The summed E-state index contributed by atoms with van der Waals surface area (Å²) in [6, 6.07) is 9.65. The molecule has 2 rings (SSSR count). The smallest absolute Gasteiger partial charge is 0.0576 e. The summed E-state index contributed by atoms with van der Waals surface area (Å²) in [4.78, 5) is 0. The zero-order valence-electron chi connectivity index (χ0n) is 13.9. The zero-order valence-corrected chi connectivity index (χ0v) is 13.9. The third-order valence-corrected chi connectivity index (χ3v) is 4.50. The number of benzene rings is 1. The van der Waals surface area contributed by atoms with Crippen molar-refractivity contribution in [3.05, 3.63) is 35.4 Å². The fourth-order valence-corrected chi connectivity index (χ4v) is 3.17. The van der Waals surface area contributed by atoms with Crippen LogP contribution in [0.2, 0.25) is 0 Å². The lowest BCUT2D eigenvalue weighted by molar-refractivity contribution is 0.101. The first-order valence-electron chi connectivity index (χ1n) is 8.65. The first kappa shape index (κ1) is 16.5. The van der Waals surface area contributed by atoms with E-state index in [2.05, 4.69) is 50.4 Å². The van der Waals surface area contributed by atoms with Gasteiger partial charge in [-0.3, -0.25) is 0 Å². The largest absolute Gasteiger partial charge is 0.378 e. The van der Waals surface area contributed by atoms with Crippen molar-refractivity contribution in [2.45, 2.75) is 70.9 Å². The summed E-state index contributed by atoms with van der Waals surface area (Å²) in [6.07, 6.45) is 6.69. The molecule has 1 aromatic rings. The Morgan fingerprint density at radius 1 is 1.19 bits per heavy atom. The second-order valence-corrected chi connectivity index (χ2v) is 6.50. The van der Waals surface area contributed by atoms with Gasteiger partial charge in [0.15, 0.2) is 0 Å². The Balaban J connectivity index is 1.87. The third-order valence-electron chi connectivity index (χ3n) is 4.50. The van der Waals surface area contributed by atoms with Crippen molar-refractivity contribution in [3.63, 3.8) is 0 Å². The Hall–Kier alpha value is -0.860. The average Bonchev–Trinajstić information content (AvgIpc) is 3.00. The number of nitrogens with one attached hydrogen (secondary N) is 1. The summed E-state index contributed by atoms with van der Waals surface area (Å²) in [5, 5.41) is 3.63. The van der Waals surface area contributed by atoms with Gasteiger partial charge in [-0.2, -0.15) is 0 Å². The fraction of sp³-hybridized carbons (Fsp3) is 0.684. The van der Waals surface area contributed by atoms with Crippen molar-refractivity contribution in [2.75, 3.05) is 13.2 Å². The number of ether oxygens (including phenoxy) is 1. The van der Waals surface area contributed by atoms with E-state index in [-0.39, 0.29) is 0 Å². The van der Waals surface area contributed by atoms with Gasteiger partial charge in [-0.1, -0.05) is 45.0 Å².